The summed E-state index contributed by atoms with van der Waals surface area (Å²) in [4.78, 5) is 58.3. The number of halogens is 1. The number of rotatable bonds is 11. The van der Waals surface area contributed by atoms with Crippen LogP contribution in [0, 0.1) is 17.7 Å². The van der Waals surface area contributed by atoms with Gasteiger partial charge in [-0.2, -0.15) is 5.10 Å². The lowest BCUT2D eigenvalue weighted by Crippen LogP contribution is -2.55. The third-order valence-electron chi connectivity index (χ3n) is 10.2. The van der Waals surface area contributed by atoms with Crippen LogP contribution in [-0.2, 0) is 14.3 Å². The number of likely N-dealkylation sites (N-methyl/N-ethyl adjacent to an activating group) is 1. The Hall–Kier alpha value is -4.28. The quantitative estimate of drug-likeness (QED) is 0.272. The summed E-state index contributed by atoms with van der Waals surface area (Å²) in [5.41, 5.74) is 0.756. The highest BCUT2D eigenvalue weighted by atomic mass is 32.1. The molecule has 50 heavy (non-hydrogen) atoms. The minimum Gasteiger partial charge on any atom is -0.377 e. The monoisotopic (exact) mass is 709 g/mol. The van der Waals surface area contributed by atoms with Crippen LogP contribution in [0.2, 0.25) is 0 Å². The van der Waals surface area contributed by atoms with E-state index in [-0.39, 0.29) is 28.4 Å². The minimum atomic E-state index is -0.985. The highest BCUT2D eigenvalue weighted by Gasteiger charge is 2.36. The van der Waals surface area contributed by atoms with Gasteiger partial charge in [-0.05, 0) is 67.0 Å². The number of aromatic nitrogens is 4. The van der Waals surface area contributed by atoms with Crippen molar-refractivity contribution in [1.29, 1.82) is 0 Å². The molecular weight excluding hydrogens is 665 g/mol. The molecule has 3 N–H and O–H groups in total. The minimum absolute atomic E-state index is 0.0435. The fourth-order valence-electron chi connectivity index (χ4n) is 6.80. The second-order valence-corrected chi connectivity index (χ2v) is 14.5. The number of ether oxygens (including phenoxy) is 1. The number of amides is 4. The molecule has 3 aromatic rings. The van der Waals surface area contributed by atoms with Crippen molar-refractivity contribution >= 4 is 40.8 Å². The summed E-state index contributed by atoms with van der Waals surface area (Å²) >= 11 is 0.918. The summed E-state index contributed by atoms with van der Waals surface area (Å²) < 4.78 is 26.5. The molecule has 0 unspecified atom stereocenters. The Bertz CT molecular complexity index is 1670. The van der Waals surface area contributed by atoms with Crippen molar-refractivity contribution < 1.29 is 28.3 Å². The molecule has 1 aliphatic carbocycles. The smallest absolute Gasteiger partial charge is 0.270 e. The lowest BCUT2D eigenvalue weighted by molar-refractivity contribution is -0.135. The molecule has 3 fully saturated rings. The first-order valence-corrected chi connectivity index (χ1v) is 17.9. The van der Waals surface area contributed by atoms with Gasteiger partial charge in [-0.1, -0.05) is 37.2 Å². The number of hydrogen-bond acceptors (Lipinski definition) is 10. The molecule has 1 saturated carbocycles. The maximum atomic E-state index is 15.8. The molecule has 3 atom stereocenters. The summed E-state index contributed by atoms with van der Waals surface area (Å²) in [5.74, 6) is -2.61. The van der Waals surface area contributed by atoms with Crippen LogP contribution in [0.15, 0.2) is 36.7 Å². The second-order valence-electron chi connectivity index (χ2n) is 13.7. The molecule has 6 rings (SSSR count). The van der Waals surface area contributed by atoms with Gasteiger partial charge < -0.3 is 30.5 Å². The maximum Gasteiger partial charge on any atom is 0.270 e. The Morgan fingerprint density at radius 3 is 2.38 bits per heavy atom. The molecule has 0 radical (unpaired) electrons. The van der Waals surface area contributed by atoms with Gasteiger partial charge in [-0.3, -0.25) is 23.9 Å². The van der Waals surface area contributed by atoms with Crippen molar-refractivity contribution in [1.82, 2.24) is 39.8 Å². The first-order valence-electron chi connectivity index (χ1n) is 17.2. The number of carbonyl (C=O) groups excluding carboxylic acids is 4. The lowest BCUT2D eigenvalue weighted by Gasteiger charge is -2.36. The Kier molecular flexibility index (Phi) is 11.2. The van der Waals surface area contributed by atoms with Crippen molar-refractivity contribution in [2.45, 2.75) is 63.6 Å². The third-order valence-corrected chi connectivity index (χ3v) is 10.9. The van der Waals surface area contributed by atoms with Crippen LogP contribution in [0.4, 0.5) is 10.1 Å². The number of piperazine rings is 1. The van der Waals surface area contributed by atoms with Crippen molar-refractivity contribution in [2.24, 2.45) is 11.8 Å². The number of benzene rings is 1. The van der Waals surface area contributed by atoms with Gasteiger partial charge in [0.05, 0.1) is 31.1 Å². The predicted octanol–water partition coefficient (Wildman–Crippen LogP) is 2.68. The largest absolute Gasteiger partial charge is 0.377 e. The average Bonchev–Trinajstić information content (AvgIpc) is 3.80. The van der Waals surface area contributed by atoms with Crippen LogP contribution in [-0.4, -0.2) is 111 Å². The van der Waals surface area contributed by atoms with Crippen LogP contribution in [0.25, 0.3) is 0 Å². The van der Waals surface area contributed by atoms with Crippen LogP contribution in [0.3, 0.4) is 0 Å². The molecule has 1 aromatic carbocycles. The molecule has 14 nitrogen and oxygen atoms in total. The van der Waals surface area contributed by atoms with Gasteiger partial charge in [0, 0.05) is 38.3 Å². The zero-order valence-electron chi connectivity index (χ0n) is 28.5. The molecule has 2 saturated heterocycles. The van der Waals surface area contributed by atoms with Crippen LogP contribution >= 0.6 is 11.5 Å². The molecule has 3 aliphatic rings. The predicted molar refractivity (Wildman–Crippen MR) is 183 cm³/mol. The van der Waals surface area contributed by atoms with Crippen molar-refractivity contribution in [3.05, 3.63) is 58.6 Å². The van der Waals surface area contributed by atoms with Crippen LogP contribution in [0.1, 0.15) is 77.2 Å². The molecule has 2 aromatic heterocycles. The second kappa shape index (κ2) is 15.7. The van der Waals surface area contributed by atoms with Gasteiger partial charge in [-0.25, -0.2) is 4.39 Å². The van der Waals surface area contributed by atoms with Gasteiger partial charge in [0.1, 0.15) is 28.5 Å². The summed E-state index contributed by atoms with van der Waals surface area (Å²) in [6.07, 6.45) is 6.23. The number of nitrogens with zero attached hydrogens (tertiary/aromatic N) is 6. The zero-order valence-corrected chi connectivity index (χ0v) is 29.3. The van der Waals surface area contributed by atoms with E-state index in [0.29, 0.717) is 56.6 Å². The van der Waals surface area contributed by atoms with Gasteiger partial charge in [0.25, 0.3) is 11.8 Å². The molecular formula is C34H44FN9O5S. The van der Waals surface area contributed by atoms with Crippen LogP contribution < -0.4 is 16.0 Å². The van der Waals surface area contributed by atoms with Crippen molar-refractivity contribution in [3.8, 4) is 0 Å². The topological polar surface area (TPSA) is 164 Å². The Labute approximate surface area is 294 Å². The fourth-order valence-corrected chi connectivity index (χ4v) is 7.22. The summed E-state index contributed by atoms with van der Waals surface area (Å²) in [5, 5.41) is 16.5. The Morgan fingerprint density at radius 2 is 1.74 bits per heavy atom. The van der Waals surface area contributed by atoms with E-state index in [2.05, 4.69) is 42.5 Å². The summed E-state index contributed by atoms with van der Waals surface area (Å²) in [6.45, 7) is 7.25. The molecule has 4 amide bonds. The van der Waals surface area contributed by atoms with E-state index >= 15 is 4.39 Å². The SMILES string of the molecule is C[C@@H](c1ccc(NC(=O)[C@@H](NC(=O)c2ccnn2C2COC2)[C@H]2CC[C@H](C)CC2)c(F)c1)[C@@H](NC(=O)c1cnns1)C(=O)N1CCN(C)CC1. The number of carbonyl (C=O) groups is 4. The van der Waals surface area contributed by atoms with Gasteiger partial charge in [0.2, 0.25) is 11.8 Å². The molecule has 2 aliphatic heterocycles. The van der Waals surface area contributed by atoms with E-state index in [9.17, 15) is 19.2 Å². The van der Waals surface area contributed by atoms with E-state index in [1.807, 2.05) is 7.05 Å². The summed E-state index contributed by atoms with van der Waals surface area (Å²) in [6, 6.07) is 4.07. The average molecular weight is 710 g/mol. The molecule has 16 heteroatoms. The first kappa shape index (κ1) is 35.5. The third kappa shape index (κ3) is 8.02. The molecule has 0 bridgehead atoms. The standard InChI is InChI=1S/C34H44FN9O5S/c1-20-4-6-22(7-5-20)30(40-31(45)27-10-11-37-44(27)24-18-49-19-24)33(47)38-26-9-8-23(16-25(26)35)21(2)29(39-32(46)28-17-36-41-50-28)34(48)43-14-12-42(3)13-15-43/h8-11,16-17,20-22,24,29-30H,4-7,12-15,18-19H2,1-3H3,(H,38,47)(H,39,46)(H,40,45)/t20-,21-,22-,29+,30-/m0/s1. The Morgan fingerprint density at radius 1 is 1.00 bits per heavy atom. The van der Waals surface area contributed by atoms with Gasteiger partial charge >= 0.3 is 0 Å². The van der Waals surface area contributed by atoms with E-state index in [1.165, 1.54) is 18.3 Å². The first-order chi connectivity index (χ1) is 24.1. The normalized spacial score (nSPS) is 21.8. The van der Waals surface area contributed by atoms with Crippen LogP contribution in [0.5, 0.6) is 0 Å². The number of hydrogen-bond donors (Lipinski definition) is 3. The van der Waals surface area contributed by atoms with Crippen molar-refractivity contribution in [3.63, 3.8) is 0 Å². The van der Waals surface area contributed by atoms with Gasteiger partial charge in [-0.15, -0.1) is 5.10 Å². The molecule has 4 heterocycles. The van der Waals surface area contributed by atoms with E-state index < -0.39 is 41.5 Å². The van der Waals surface area contributed by atoms with Gasteiger partial charge in [0.15, 0.2) is 0 Å². The lowest BCUT2D eigenvalue weighted by atomic mass is 9.79. The molecule has 0 spiro atoms. The fraction of sp³-hybridized carbons (Fsp3) is 0.559. The van der Waals surface area contributed by atoms with Crippen molar-refractivity contribution in [2.75, 3.05) is 51.8 Å². The molecule has 268 valence electrons. The Balaban J connectivity index is 1.19. The van der Waals surface area contributed by atoms with E-state index in [1.54, 1.807) is 34.8 Å². The van der Waals surface area contributed by atoms with E-state index in [0.717, 1.165) is 37.2 Å². The zero-order chi connectivity index (χ0) is 35.4. The van der Waals surface area contributed by atoms with E-state index in [4.69, 9.17) is 4.74 Å². The highest BCUT2D eigenvalue weighted by Crippen LogP contribution is 2.32. The summed E-state index contributed by atoms with van der Waals surface area (Å²) in [7, 11) is 1.98. The maximum absolute atomic E-state index is 15.8. The number of nitrogens with one attached hydrogen (secondary N) is 3. The highest BCUT2D eigenvalue weighted by molar-refractivity contribution is 7.07. The number of anilines is 1.